The normalized spacial score (nSPS) is 14.1. The Morgan fingerprint density at radius 1 is 0.842 bits per heavy atom. The summed E-state index contributed by atoms with van der Waals surface area (Å²) in [6.45, 7) is 4.18. The van der Waals surface area contributed by atoms with Crippen LogP contribution in [0.4, 0.5) is 0 Å². The number of hydrogen-bond donors (Lipinski definition) is 1. The molecule has 1 atom stereocenters. The van der Waals surface area contributed by atoms with Crippen molar-refractivity contribution in [3.63, 3.8) is 0 Å². The van der Waals surface area contributed by atoms with Gasteiger partial charge in [-0.1, -0.05) is 68.4 Å². The fourth-order valence-corrected chi connectivity index (χ4v) is 2.42. The summed E-state index contributed by atoms with van der Waals surface area (Å²) >= 11 is 0. The van der Waals surface area contributed by atoms with Gasteiger partial charge in [0.25, 0.3) is 0 Å². The second-order valence-corrected chi connectivity index (χ2v) is 5.10. The molecule has 2 aromatic carbocycles. The topological polar surface area (TPSA) is 20.2 Å². The monoisotopic (exact) mass is 254 g/mol. The quantitative estimate of drug-likeness (QED) is 0.852. The molecule has 0 amide bonds. The number of benzene rings is 2. The Hall–Kier alpha value is -1.60. The van der Waals surface area contributed by atoms with Crippen LogP contribution in [0.15, 0.2) is 54.6 Å². The van der Waals surface area contributed by atoms with Crippen molar-refractivity contribution < 1.29 is 5.11 Å². The van der Waals surface area contributed by atoms with Gasteiger partial charge in [-0.15, -0.1) is 0 Å². The number of rotatable bonds is 5. The minimum atomic E-state index is -0.770. The SMILES string of the molecule is CCc1ccc(C(O)(CC)Cc2ccccc2)cc1. The maximum atomic E-state index is 10.9. The lowest BCUT2D eigenvalue weighted by atomic mass is 9.84. The van der Waals surface area contributed by atoms with E-state index in [-0.39, 0.29) is 0 Å². The summed E-state index contributed by atoms with van der Waals surface area (Å²) in [6.07, 6.45) is 2.41. The van der Waals surface area contributed by atoms with Crippen molar-refractivity contribution in [2.24, 2.45) is 0 Å². The molecular weight excluding hydrogens is 232 g/mol. The summed E-state index contributed by atoms with van der Waals surface area (Å²) in [5.41, 5.74) is 2.72. The molecule has 0 heterocycles. The van der Waals surface area contributed by atoms with E-state index >= 15 is 0 Å². The van der Waals surface area contributed by atoms with E-state index in [1.54, 1.807) is 0 Å². The van der Waals surface area contributed by atoms with Gasteiger partial charge in [-0.3, -0.25) is 0 Å². The molecule has 100 valence electrons. The van der Waals surface area contributed by atoms with Crippen LogP contribution in [0, 0.1) is 0 Å². The van der Waals surface area contributed by atoms with Gasteiger partial charge >= 0.3 is 0 Å². The summed E-state index contributed by atoms with van der Waals surface area (Å²) in [5, 5.41) is 10.9. The average molecular weight is 254 g/mol. The third kappa shape index (κ3) is 3.24. The van der Waals surface area contributed by atoms with E-state index in [9.17, 15) is 5.11 Å². The van der Waals surface area contributed by atoms with Crippen LogP contribution in [0.25, 0.3) is 0 Å². The Kier molecular flexibility index (Phi) is 4.39. The van der Waals surface area contributed by atoms with Crippen LogP contribution in [0.2, 0.25) is 0 Å². The molecule has 0 aliphatic rings. The second-order valence-electron chi connectivity index (χ2n) is 5.10. The molecule has 0 saturated heterocycles. The van der Waals surface area contributed by atoms with E-state index in [0.717, 1.165) is 12.0 Å². The fraction of sp³-hybridized carbons (Fsp3) is 0.333. The van der Waals surface area contributed by atoms with Crippen molar-refractivity contribution in [3.05, 3.63) is 71.3 Å². The first-order valence-corrected chi connectivity index (χ1v) is 7.03. The Bertz CT molecular complexity index is 501. The van der Waals surface area contributed by atoms with Gasteiger partial charge in [-0.25, -0.2) is 0 Å². The molecule has 0 bridgehead atoms. The van der Waals surface area contributed by atoms with Gasteiger partial charge in [-0.05, 0) is 29.5 Å². The first-order valence-electron chi connectivity index (χ1n) is 7.03. The van der Waals surface area contributed by atoms with Gasteiger partial charge in [0, 0.05) is 6.42 Å². The minimum Gasteiger partial charge on any atom is -0.385 e. The van der Waals surface area contributed by atoms with Crippen molar-refractivity contribution in [2.75, 3.05) is 0 Å². The highest BCUT2D eigenvalue weighted by Gasteiger charge is 2.27. The van der Waals surface area contributed by atoms with Crippen LogP contribution in [-0.2, 0) is 18.4 Å². The predicted molar refractivity (Wildman–Crippen MR) is 80.2 cm³/mol. The van der Waals surface area contributed by atoms with Gasteiger partial charge in [0.05, 0.1) is 5.60 Å². The van der Waals surface area contributed by atoms with Crippen molar-refractivity contribution in [3.8, 4) is 0 Å². The lowest BCUT2D eigenvalue weighted by molar-refractivity contribution is 0.0327. The molecule has 0 aliphatic carbocycles. The molecule has 0 fully saturated rings. The highest BCUT2D eigenvalue weighted by Crippen LogP contribution is 2.29. The summed E-state index contributed by atoms with van der Waals surface area (Å²) < 4.78 is 0. The largest absolute Gasteiger partial charge is 0.385 e. The van der Waals surface area contributed by atoms with Crippen LogP contribution in [0.3, 0.4) is 0 Å². The summed E-state index contributed by atoms with van der Waals surface area (Å²) in [6, 6.07) is 18.5. The smallest absolute Gasteiger partial charge is 0.0934 e. The number of aliphatic hydroxyl groups is 1. The van der Waals surface area contributed by atoms with Gasteiger partial charge < -0.3 is 5.11 Å². The molecule has 19 heavy (non-hydrogen) atoms. The zero-order valence-corrected chi connectivity index (χ0v) is 11.8. The van der Waals surface area contributed by atoms with Crippen LogP contribution >= 0.6 is 0 Å². The second kappa shape index (κ2) is 6.03. The lowest BCUT2D eigenvalue weighted by Crippen LogP contribution is -2.27. The van der Waals surface area contributed by atoms with Crippen LogP contribution in [0.1, 0.15) is 37.0 Å². The highest BCUT2D eigenvalue weighted by molar-refractivity contribution is 5.29. The van der Waals surface area contributed by atoms with Crippen molar-refractivity contribution in [1.82, 2.24) is 0 Å². The van der Waals surface area contributed by atoms with Gasteiger partial charge in [0.15, 0.2) is 0 Å². The van der Waals surface area contributed by atoms with Crippen LogP contribution < -0.4 is 0 Å². The molecule has 0 aliphatic heterocycles. The maximum Gasteiger partial charge on any atom is 0.0934 e. The molecule has 2 rings (SSSR count). The average Bonchev–Trinajstić information content (AvgIpc) is 2.48. The third-order valence-electron chi connectivity index (χ3n) is 3.82. The molecule has 0 aromatic heterocycles. The van der Waals surface area contributed by atoms with Crippen LogP contribution in [-0.4, -0.2) is 5.11 Å². The molecule has 1 heteroatoms. The van der Waals surface area contributed by atoms with E-state index in [2.05, 4.69) is 43.3 Å². The Morgan fingerprint density at radius 3 is 2.00 bits per heavy atom. The molecule has 0 radical (unpaired) electrons. The molecule has 1 nitrogen and oxygen atoms in total. The fourth-order valence-electron chi connectivity index (χ4n) is 2.42. The zero-order chi connectivity index (χ0) is 13.7. The molecule has 0 spiro atoms. The first kappa shape index (κ1) is 13.8. The molecule has 2 aromatic rings. The standard InChI is InChI=1S/C18H22O/c1-3-15-10-12-17(13-11-15)18(19,4-2)14-16-8-6-5-7-9-16/h5-13,19H,3-4,14H2,1-2H3. The van der Waals surface area contributed by atoms with Crippen molar-refractivity contribution >= 4 is 0 Å². The van der Waals surface area contributed by atoms with Crippen molar-refractivity contribution in [2.45, 2.75) is 38.7 Å². The van der Waals surface area contributed by atoms with Gasteiger partial charge in [0.2, 0.25) is 0 Å². The Labute approximate surface area is 115 Å². The summed E-state index contributed by atoms with van der Waals surface area (Å²) in [7, 11) is 0. The summed E-state index contributed by atoms with van der Waals surface area (Å²) in [4.78, 5) is 0. The third-order valence-corrected chi connectivity index (χ3v) is 3.82. The zero-order valence-electron chi connectivity index (χ0n) is 11.8. The maximum absolute atomic E-state index is 10.9. The predicted octanol–water partition coefficient (Wildman–Crippen LogP) is 4.09. The minimum absolute atomic E-state index is 0.663. The van der Waals surface area contributed by atoms with Crippen molar-refractivity contribution in [1.29, 1.82) is 0 Å². The molecule has 1 unspecified atom stereocenters. The number of aryl methyl sites for hydroxylation is 1. The van der Waals surface area contributed by atoms with E-state index in [1.165, 1.54) is 11.1 Å². The number of hydrogen-bond acceptors (Lipinski definition) is 1. The highest BCUT2D eigenvalue weighted by atomic mass is 16.3. The van der Waals surface area contributed by atoms with E-state index in [1.807, 2.05) is 25.1 Å². The summed E-state index contributed by atoms with van der Waals surface area (Å²) in [5.74, 6) is 0. The molecular formula is C18H22O. The Morgan fingerprint density at radius 2 is 1.47 bits per heavy atom. The van der Waals surface area contributed by atoms with Crippen LogP contribution in [0.5, 0.6) is 0 Å². The Balaban J connectivity index is 2.25. The molecule has 1 N–H and O–H groups in total. The van der Waals surface area contributed by atoms with E-state index < -0.39 is 5.60 Å². The first-order chi connectivity index (χ1) is 9.18. The van der Waals surface area contributed by atoms with Gasteiger partial charge in [0.1, 0.15) is 0 Å². The van der Waals surface area contributed by atoms with E-state index in [4.69, 9.17) is 0 Å². The van der Waals surface area contributed by atoms with Gasteiger partial charge in [-0.2, -0.15) is 0 Å². The lowest BCUT2D eigenvalue weighted by Gasteiger charge is -2.28. The van der Waals surface area contributed by atoms with E-state index in [0.29, 0.717) is 12.8 Å². The molecule has 0 saturated carbocycles.